The summed E-state index contributed by atoms with van der Waals surface area (Å²) in [6.07, 6.45) is 4.07. The van der Waals surface area contributed by atoms with Gasteiger partial charge in [0.2, 0.25) is 0 Å². The Morgan fingerprint density at radius 1 is 0.905 bits per heavy atom. The summed E-state index contributed by atoms with van der Waals surface area (Å²) < 4.78 is 22.5. The fraction of sp³-hybridized carbons (Fsp3) is 0.176. The molecule has 1 amide bonds. The molecule has 0 radical (unpaired) electrons. The van der Waals surface area contributed by atoms with Gasteiger partial charge in [-0.3, -0.25) is 4.79 Å². The average molecular weight is 579 g/mol. The molecule has 8 heteroatoms. The lowest BCUT2D eigenvalue weighted by Gasteiger charge is -2.15. The van der Waals surface area contributed by atoms with Gasteiger partial charge in [-0.15, -0.1) is 0 Å². The van der Waals surface area contributed by atoms with Crippen LogP contribution in [0.2, 0.25) is 25.7 Å². The predicted octanol–water partition coefficient (Wildman–Crippen LogP) is 8.65. The lowest BCUT2D eigenvalue weighted by atomic mass is 10.1. The van der Waals surface area contributed by atoms with Crippen LogP contribution in [0.5, 0.6) is 0 Å². The Kier molecular flexibility index (Phi) is 8.95. The Labute approximate surface area is 246 Å². The lowest BCUT2D eigenvalue weighted by molar-refractivity contribution is 0.0816. The Morgan fingerprint density at radius 2 is 1.60 bits per heavy atom. The average Bonchev–Trinajstić information content (AvgIpc) is 3.33. The second-order valence-corrected chi connectivity index (χ2v) is 17.0. The third kappa shape index (κ3) is 7.60. The molecule has 0 spiro atoms. The van der Waals surface area contributed by atoms with Gasteiger partial charge in [-0.2, -0.15) is 5.10 Å². The minimum absolute atomic E-state index is 0.101. The number of ether oxygens (including phenoxy) is 1. The quantitative estimate of drug-likeness (QED) is 0.122. The molecule has 4 aromatic carbocycles. The first-order chi connectivity index (χ1) is 20.2. The first-order valence-electron chi connectivity index (χ1n) is 14.0. The van der Waals surface area contributed by atoms with Gasteiger partial charge in [-0.1, -0.05) is 74.2 Å². The number of hydrogen-bond donors (Lipinski definition) is 2. The van der Waals surface area contributed by atoms with Gasteiger partial charge >= 0.3 is 0 Å². The van der Waals surface area contributed by atoms with Crippen molar-refractivity contribution >= 4 is 54.1 Å². The number of fused-ring (bicyclic) bond motifs is 1. The zero-order chi connectivity index (χ0) is 29.5. The highest BCUT2D eigenvalue weighted by molar-refractivity contribution is 6.76. The van der Waals surface area contributed by atoms with Crippen molar-refractivity contribution in [2.45, 2.75) is 32.4 Å². The smallest absolute Gasteiger partial charge is 0.255 e. The Bertz CT molecular complexity index is 1700. The fourth-order valence-electron chi connectivity index (χ4n) is 4.42. The maximum absolute atomic E-state index is 14.6. The number of carbonyl (C=O) groups is 1. The number of rotatable bonds is 11. The van der Waals surface area contributed by atoms with Crippen LogP contribution in [0, 0.1) is 5.82 Å². The second-order valence-electron chi connectivity index (χ2n) is 11.3. The molecule has 0 aliphatic carbocycles. The van der Waals surface area contributed by atoms with E-state index in [9.17, 15) is 9.18 Å². The maximum Gasteiger partial charge on any atom is 0.255 e. The van der Waals surface area contributed by atoms with Gasteiger partial charge in [-0.25, -0.2) is 9.07 Å². The zero-order valence-corrected chi connectivity index (χ0v) is 25.1. The van der Waals surface area contributed by atoms with Crippen LogP contribution >= 0.6 is 0 Å². The van der Waals surface area contributed by atoms with Crippen molar-refractivity contribution in [3.05, 3.63) is 120 Å². The van der Waals surface area contributed by atoms with Crippen LogP contribution in [0.3, 0.4) is 0 Å². The Morgan fingerprint density at radius 3 is 2.33 bits per heavy atom. The summed E-state index contributed by atoms with van der Waals surface area (Å²) in [5.41, 5.74) is 4.86. The number of aromatic nitrogens is 2. The molecule has 5 rings (SSSR count). The summed E-state index contributed by atoms with van der Waals surface area (Å²) in [4.78, 5) is 12.6. The standard InChI is InChI=1S/C34H35FN4O2Si/c1-42(2,3)21-20-41-24-39-33-23-28(15-17-29(33)31(38-39)19-14-25-10-6-4-7-11-25)36-27-16-18-30(35)32(22-27)37-34(40)26-12-8-5-9-13-26/h4-19,22-23,36H,20-21,24H2,1-3H3,(H,37,40). The van der Waals surface area contributed by atoms with E-state index in [4.69, 9.17) is 9.84 Å². The Balaban J connectivity index is 1.39. The summed E-state index contributed by atoms with van der Waals surface area (Å²) in [7, 11) is -1.21. The highest BCUT2D eigenvalue weighted by Gasteiger charge is 2.14. The molecule has 0 saturated heterocycles. The molecule has 5 aromatic rings. The molecule has 0 aliphatic rings. The van der Waals surface area contributed by atoms with Crippen molar-refractivity contribution in [3.63, 3.8) is 0 Å². The van der Waals surface area contributed by atoms with Crippen LogP contribution in [0.4, 0.5) is 21.5 Å². The van der Waals surface area contributed by atoms with E-state index in [0.29, 0.717) is 24.6 Å². The summed E-state index contributed by atoms with van der Waals surface area (Å²) in [6, 6.07) is 30.5. The number of nitrogens with one attached hydrogen (secondary N) is 2. The molecule has 0 aliphatic heterocycles. The molecular weight excluding hydrogens is 543 g/mol. The normalized spacial score (nSPS) is 11.7. The van der Waals surface area contributed by atoms with Gasteiger partial charge in [0.25, 0.3) is 5.91 Å². The van der Waals surface area contributed by atoms with E-state index in [1.165, 1.54) is 6.07 Å². The number of carbonyl (C=O) groups excluding carboxylic acids is 1. The van der Waals surface area contributed by atoms with E-state index < -0.39 is 13.9 Å². The number of amides is 1. The van der Waals surface area contributed by atoms with Crippen molar-refractivity contribution < 1.29 is 13.9 Å². The first-order valence-corrected chi connectivity index (χ1v) is 17.7. The van der Waals surface area contributed by atoms with Crippen LogP contribution in [-0.4, -0.2) is 30.4 Å². The molecule has 2 N–H and O–H groups in total. The van der Waals surface area contributed by atoms with Gasteiger partial charge < -0.3 is 15.4 Å². The molecule has 214 valence electrons. The van der Waals surface area contributed by atoms with Crippen molar-refractivity contribution in [3.8, 4) is 0 Å². The van der Waals surface area contributed by atoms with E-state index in [2.05, 4.69) is 42.4 Å². The molecule has 0 bridgehead atoms. The minimum Gasteiger partial charge on any atom is -0.360 e. The molecule has 1 heterocycles. The van der Waals surface area contributed by atoms with E-state index >= 15 is 0 Å². The molecule has 1 aromatic heterocycles. The van der Waals surface area contributed by atoms with Crippen LogP contribution in [-0.2, 0) is 11.5 Å². The molecule has 6 nitrogen and oxygen atoms in total. The number of benzene rings is 4. The van der Waals surface area contributed by atoms with Gasteiger partial charge in [0.15, 0.2) is 0 Å². The SMILES string of the molecule is C[Si](C)(C)CCOCn1nc(C=Cc2ccccc2)c2ccc(Nc3ccc(F)c(NC(=O)c4ccccc4)c3)cc21. The second kappa shape index (κ2) is 13.0. The van der Waals surface area contributed by atoms with Crippen LogP contribution in [0.25, 0.3) is 23.1 Å². The highest BCUT2D eigenvalue weighted by Crippen LogP contribution is 2.28. The van der Waals surface area contributed by atoms with E-state index in [0.717, 1.165) is 33.9 Å². The van der Waals surface area contributed by atoms with Crippen LogP contribution in [0.15, 0.2) is 97.1 Å². The van der Waals surface area contributed by atoms with E-state index in [1.807, 2.05) is 59.3 Å². The number of halogens is 1. The van der Waals surface area contributed by atoms with Crippen LogP contribution in [0.1, 0.15) is 21.6 Å². The molecule has 0 atom stereocenters. The largest absolute Gasteiger partial charge is 0.360 e. The monoisotopic (exact) mass is 578 g/mol. The Hall–Kier alpha value is -4.53. The summed E-state index contributed by atoms with van der Waals surface area (Å²) in [5.74, 6) is -0.883. The lowest BCUT2D eigenvalue weighted by Crippen LogP contribution is -2.22. The summed E-state index contributed by atoms with van der Waals surface area (Å²) in [6.45, 7) is 8.03. The highest BCUT2D eigenvalue weighted by atomic mass is 28.3. The number of anilines is 3. The van der Waals surface area contributed by atoms with E-state index in [-0.39, 0.29) is 11.6 Å². The van der Waals surface area contributed by atoms with E-state index in [1.54, 1.807) is 36.4 Å². The first kappa shape index (κ1) is 29.0. The molecule has 0 unspecified atom stereocenters. The molecule has 0 saturated carbocycles. The van der Waals surface area contributed by atoms with Crippen molar-refractivity contribution in [2.75, 3.05) is 17.2 Å². The number of hydrogen-bond acceptors (Lipinski definition) is 4. The zero-order valence-electron chi connectivity index (χ0n) is 24.1. The number of nitrogens with zero attached hydrogens (tertiary/aromatic N) is 2. The van der Waals surface area contributed by atoms with Crippen molar-refractivity contribution in [1.82, 2.24) is 9.78 Å². The summed E-state index contributed by atoms with van der Waals surface area (Å²) >= 11 is 0. The third-order valence-electron chi connectivity index (χ3n) is 6.76. The molecule has 42 heavy (non-hydrogen) atoms. The van der Waals surface area contributed by atoms with Crippen LogP contribution < -0.4 is 10.6 Å². The van der Waals surface area contributed by atoms with Gasteiger partial charge in [-0.05, 0) is 66.2 Å². The van der Waals surface area contributed by atoms with Crippen molar-refractivity contribution in [2.24, 2.45) is 0 Å². The van der Waals surface area contributed by atoms with Gasteiger partial charge in [0.1, 0.15) is 12.5 Å². The molecule has 0 fully saturated rings. The summed E-state index contributed by atoms with van der Waals surface area (Å²) in [5, 5.41) is 11.9. The molecular formula is C34H35FN4O2Si. The topological polar surface area (TPSA) is 68.2 Å². The maximum atomic E-state index is 14.6. The van der Waals surface area contributed by atoms with Crippen molar-refractivity contribution in [1.29, 1.82) is 0 Å². The van der Waals surface area contributed by atoms with Gasteiger partial charge in [0.05, 0.1) is 16.9 Å². The third-order valence-corrected chi connectivity index (χ3v) is 8.47. The predicted molar refractivity (Wildman–Crippen MR) is 173 cm³/mol. The minimum atomic E-state index is -1.21. The van der Waals surface area contributed by atoms with Gasteiger partial charge in [0, 0.05) is 37.0 Å². The fourth-order valence-corrected chi connectivity index (χ4v) is 5.17.